The zero-order chi connectivity index (χ0) is 14.4. The first-order valence-electron chi connectivity index (χ1n) is 6.25. The average Bonchev–Trinajstić information content (AvgIpc) is 2.40. The minimum Gasteiger partial charge on any atom is -0.379 e. The van der Waals surface area contributed by atoms with Crippen LogP contribution < -0.4 is 11.5 Å². The van der Waals surface area contributed by atoms with Crippen LogP contribution in [0.3, 0.4) is 0 Å². The van der Waals surface area contributed by atoms with Crippen molar-refractivity contribution < 1.29 is 0 Å². The van der Waals surface area contributed by atoms with E-state index in [1.165, 1.54) is 22.9 Å². The number of aryl methyl sites for hydroxylation is 1. The van der Waals surface area contributed by atoms with Gasteiger partial charge in [0.25, 0.3) is 0 Å². The first-order chi connectivity index (χ1) is 9.63. The van der Waals surface area contributed by atoms with Crippen molar-refractivity contribution in [2.45, 2.75) is 12.8 Å². The normalized spacial score (nSPS) is 10.4. The molecule has 2 rings (SSSR count). The molecule has 1 aromatic heterocycles. The van der Waals surface area contributed by atoms with Gasteiger partial charge in [0.1, 0.15) is 0 Å². The molecule has 2 aromatic rings. The van der Waals surface area contributed by atoms with Crippen molar-refractivity contribution in [3.63, 3.8) is 0 Å². The molecule has 1 heterocycles. The number of hydrogen-bond donors (Lipinski definition) is 3. The van der Waals surface area contributed by atoms with E-state index in [0.717, 1.165) is 24.3 Å². The lowest BCUT2D eigenvalue weighted by atomic mass is 10.1. The summed E-state index contributed by atoms with van der Waals surface area (Å²) >= 11 is 1.36. The molecule has 0 atom stereocenters. The highest BCUT2D eigenvalue weighted by atomic mass is 32.2. The molecule has 1 aromatic carbocycles. The largest absolute Gasteiger partial charge is 0.379 e. The van der Waals surface area contributed by atoms with Crippen LogP contribution in [0.4, 0.5) is 5.95 Å². The van der Waals surface area contributed by atoms with Gasteiger partial charge in [-0.15, -0.1) is 0 Å². The molecule has 0 spiro atoms. The number of hydrogen-bond acceptors (Lipinski definition) is 5. The fraction of sp³-hybridized carbons (Fsp3) is 0.214. The maximum absolute atomic E-state index is 7.16. The molecule has 0 aliphatic carbocycles. The Morgan fingerprint density at radius 1 is 1.15 bits per heavy atom. The van der Waals surface area contributed by atoms with Gasteiger partial charge in [-0.25, -0.2) is 9.97 Å². The van der Waals surface area contributed by atoms with E-state index in [1.54, 1.807) is 6.20 Å². The zero-order valence-electron chi connectivity index (χ0n) is 11.0. The summed E-state index contributed by atoms with van der Waals surface area (Å²) in [6.45, 7) is 0. The SMILES string of the molecule is N=C(N)SCCc1ccc(Cc2ccnc(N)n2)cc1. The fourth-order valence-electron chi connectivity index (χ4n) is 1.82. The number of thioether (sulfide) groups is 1. The summed E-state index contributed by atoms with van der Waals surface area (Å²) in [4.78, 5) is 8.07. The second kappa shape index (κ2) is 6.91. The summed E-state index contributed by atoms with van der Waals surface area (Å²) < 4.78 is 0. The lowest BCUT2D eigenvalue weighted by Gasteiger charge is -2.04. The first-order valence-corrected chi connectivity index (χ1v) is 7.24. The van der Waals surface area contributed by atoms with Gasteiger partial charge in [-0.2, -0.15) is 0 Å². The van der Waals surface area contributed by atoms with Gasteiger partial charge in [0.15, 0.2) is 5.17 Å². The highest BCUT2D eigenvalue weighted by Gasteiger charge is 2.00. The van der Waals surface area contributed by atoms with Crippen LogP contribution in [-0.4, -0.2) is 20.9 Å². The van der Waals surface area contributed by atoms with E-state index in [2.05, 4.69) is 34.2 Å². The quantitative estimate of drug-likeness (QED) is 0.575. The highest BCUT2D eigenvalue weighted by molar-refractivity contribution is 8.13. The van der Waals surface area contributed by atoms with Crippen LogP contribution in [0, 0.1) is 5.41 Å². The van der Waals surface area contributed by atoms with Gasteiger partial charge in [0.05, 0.1) is 5.69 Å². The van der Waals surface area contributed by atoms with Gasteiger partial charge in [-0.3, -0.25) is 5.41 Å². The second-order valence-electron chi connectivity index (χ2n) is 4.36. The van der Waals surface area contributed by atoms with Gasteiger partial charge in [0.2, 0.25) is 5.95 Å². The van der Waals surface area contributed by atoms with Crippen molar-refractivity contribution in [3.05, 3.63) is 53.3 Å². The molecule has 5 N–H and O–H groups in total. The Morgan fingerprint density at radius 2 is 1.85 bits per heavy atom. The van der Waals surface area contributed by atoms with Crippen molar-refractivity contribution in [2.24, 2.45) is 5.73 Å². The van der Waals surface area contributed by atoms with Crippen LogP contribution in [0.5, 0.6) is 0 Å². The Balaban J connectivity index is 1.93. The molecule has 5 nitrogen and oxygen atoms in total. The molecule has 0 unspecified atom stereocenters. The lowest BCUT2D eigenvalue weighted by molar-refractivity contribution is 1.03. The van der Waals surface area contributed by atoms with E-state index in [0.29, 0.717) is 5.95 Å². The van der Waals surface area contributed by atoms with E-state index in [9.17, 15) is 0 Å². The molecule has 0 bridgehead atoms. The minimum atomic E-state index is 0.169. The molecule has 0 aliphatic heterocycles. The van der Waals surface area contributed by atoms with Crippen LogP contribution in [-0.2, 0) is 12.8 Å². The van der Waals surface area contributed by atoms with E-state index in [4.69, 9.17) is 16.9 Å². The molecule has 0 amide bonds. The molecule has 6 heteroatoms. The molecule has 0 saturated carbocycles. The van der Waals surface area contributed by atoms with E-state index in [-0.39, 0.29) is 5.17 Å². The molecule has 0 saturated heterocycles. The number of anilines is 1. The lowest BCUT2D eigenvalue weighted by Crippen LogP contribution is -2.05. The van der Waals surface area contributed by atoms with Crippen molar-refractivity contribution in [3.8, 4) is 0 Å². The van der Waals surface area contributed by atoms with E-state index >= 15 is 0 Å². The van der Waals surface area contributed by atoms with Crippen molar-refractivity contribution in [2.75, 3.05) is 11.5 Å². The Bertz CT molecular complexity index is 582. The van der Waals surface area contributed by atoms with Gasteiger partial charge < -0.3 is 11.5 Å². The van der Waals surface area contributed by atoms with Crippen LogP contribution in [0.2, 0.25) is 0 Å². The summed E-state index contributed by atoms with van der Waals surface area (Å²) in [5, 5.41) is 7.32. The number of rotatable bonds is 5. The van der Waals surface area contributed by atoms with Gasteiger partial charge in [-0.05, 0) is 23.6 Å². The summed E-state index contributed by atoms with van der Waals surface area (Å²) in [7, 11) is 0. The molecule has 0 radical (unpaired) electrons. The predicted octanol–water partition coefficient (Wildman–Crippen LogP) is 1.82. The minimum absolute atomic E-state index is 0.169. The maximum atomic E-state index is 7.16. The smallest absolute Gasteiger partial charge is 0.220 e. The Hall–Kier alpha value is -2.08. The monoisotopic (exact) mass is 287 g/mol. The summed E-state index contributed by atoms with van der Waals surface area (Å²) in [6.07, 6.45) is 3.32. The summed E-state index contributed by atoms with van der Waals surface area (Å²) in [6, 6.07) is 10.2. The number of benzene rings is 1. The third-order valence-corrected chi connectivity index (χ3v) is 3.51. The van der Waals surface area contributed by atoms with Crippen LogP contribution in [0.15, 0.2) is 36.5 Å². The fourth-order valence-corrected chi connectivity index (χ4v) is 2.38. The van der Waals surface area contributed by atoms with Gasteiger partial charge in [0, 0.05) is 18.4 Å². The number of nitrogens with one attached hydrogen (secondary N) is 1. The highest BCUT2D eigenvalue weighted by Crippen LogP contribution is 2.11. The van der Waals surface area contributed by atoms with Crippen molar-refractivity contribution in [1.82, 2.24) is 9.97 Å². The van der Waals surface area contributed by atoms with E-state index in [1.807, 2.05) is 6.07 Å². The van der Waals surface area contributed by atoms with Crippen molar-refractivity contribution >= 4 is 22.9 Å². The van der Waals surface area contributed by atoms with Gasteiger partial charge >= 0.3 is 0 Å². The number of nitrogens with zero attached hydrogens (tertiary/aromatic N) is 2. The second-order valence-corrected chi connectivity index (χ2v) is 5.50. The Kier molecular flexibility index (Phi) is 4.95. The predicted molar refractivity (Wildman–Crippen MR) is 83.8 cm³/mol. The van der Waals surface area contributed by atoms with Crippen LogP contribution in [0.25, 0.3) is 0 Å². The number of nitrogens with two attached hydrogens (primary N) is 2. The molecule has 0 fully saturated rings. The molecule has 20 heavy (non-hydrogen) atoms. The standard InChI is InChI=1S/C14H17N5S/c15-13(16)20-8-6-10-1-3-11(4-2-10)9-12-5-7-18-14(17)19-12/h1-5,7H,6,8-9H2,(H3,15,16)(H2,17,18,19). The number of amidine groups is 1. The zero-order valence-corrected chi connectivity index (χ0v) is 11.9. The summed E-state index contributed by atoms with van der Waals surface area (Å²) in [5.41, 5.74) is 14.2. The Labute approximate surface area is 122 Å². The van der Waals surface area contributed by atoms with Gasteiger partial charge in [-0.1, -0.05) is 36.0 Å². The molecular formula is C14H17N5S. The average molecular weight is 287 g/mol. The maximum Gasteiger partial charge on any atom is 0.220 e. The molecule has 104 valence electrons. The molecule has 0 aliphatic rings. The third-order valence-electron chi connectivity index (χ3n) is 2.79. The Morgan fingerprint density at radius 3 is 2.50 bits per heavy atom. The molecular weight excluding hydrogens is 270 g/mol. The first kappa shape index (κ1) is 14.3. The number of aromatic nitrogens is 2. The number of nitrogen functional groups attached to an aromatic ring is 1. The van der Waals surface area contributed by atoms with E-state index < -0.39 is 0 Å². The van der Waals surface area contributed by atoms with Crippen LogP contribution in [0.1, 0.15) is 16.8 Å². The third kappa shape index (κ3) is 4.55. The van der Waals surface area contributed by atoms with Crippen molar-refractivity contribution in [1.29, 1.82) is 5.41 Å². The topological polar surface area (TPSA) is 102 Å². The van der Waals surface area contributed by atoms with Crippen LogP contribution >= 0.6 is 11.8 Å². The summed E-state index contributed by atoms with van der Waals surface area (Å²) in [5.74, 6) is 1.14.